The molecule has 2 rings (SSSR count). The molecule has 0 spiro atoms. The number of benzene rings is 2. The van der Waals surface area contributed by atoms with Crippen LogP contribution < -0.4 is 9.64 Å². The van der Waals surface area contributed by atoms with Gasteiger partial charge in [0.1, 0.15) is 5.75 Å². The number of aryl methyl sites for hydroxylation is 1. The first-order valence-electron chi connectivity index (χ1n) is 7.22. The summed E-state index contributed by atoms with van der Waals surface area (Å²) in [5.41, 5.74) is 2.73. The van der Waals surface area contributed by atoms with Gasteiger partial charge in [0.15, 0.2) is 6.10 Å². The standard InChI is InChI=1S/C18H21NO3/c1-13-7-9-16(10-8-13)19(3)18(21)14(2)22-17-6-4-5-15(11-17)12-20/h4-11,14,20H,12H2,1-3H3. The second kappa shape index (κ2) is 7.09. The van der Waals surface area contributed by atoms with Gasteiger partial charge in [-0.2, -0.15) is 0 Å². The van der Waals surface area contributed by atoms with E-state index in [2.05, 4.69) is 0 Å². The number of carbonyl (C=O) groups excluding carboxylic acids is 1. The summed E-state index contributed by atoms with van der Waals surface area (Å²) in [5, 5.41) is 9.13. The number of likely N-dealkylation sites (N-methyl/N-ethyl adjacent to an activating group) is 1. The van der Waals surface area contributed by atoms with E-state index >= 15 is 0 Å². The van der Waals surface area contributed by atoms with E-state index in [1.165, 1.54) is 0 Å². The molecule has 0 saturated heterocycles. The van der Waals surface area contributed by atoms with Crippen molar-refractivity contribution >= 4 is 11.6 Å². The van der Waals surface area contributed by atoms with Crippen molar-refractivity contribution < 1.29 is 14.6 Å². The first-order valence-corrected chi connectivity index (χ1v) is 7.22. The third-order valence-corrected chi connectivity index (χ3v) is 3.49. The van der Waals surface area contributed by atoms with E-state index in [1.807, 2.05) is 31.2 Å². The topological polar surface area (TPSA) is 49.8 Å². The number of hydrogen-bond acceptors (Lipinski definition) is 3. The van der Waals surface area contributed by atoms with Gasteiger partial charge in [-0.05, 0) is 43.7 Å². The Morgan fingerprint density at radius 1 is 1.23 bits per heavy atom. The molecule has 22 heavy (non-hydrogen) atoms. The second-order valence-corrected chi connectivity index (χ2v) is 5.30. The average Bonchev–Trinajstić information content (AvgIpc) is 2.54. The smallest absolute Gasteiger partial charge is 0.267 e. The van der Waals surface area contributed by atoms with Gasteiger partial charge in [-0.3, -0.25) is 4.79 Å². The van der Waals surface area contributed by atoms with Crippen LogP contribution >= 0.6 is 0 Å². The van der Waals surface area contributed by atoms with Crippen LogP contribution in [0.25, 0.3) is 0 Å². The highest BCUT2D eigenvalue weighted by molar-refractivity contribution is 5.96. The molecule has 0 aliphatic carbocycles. The van der Waals surface area contributed by atoms with Crippen molar-refractivity contribution in [2.45, 2.75) is 26.6 Å². The van der Waals surface area contributed by atoms with E-state index in [0.29, 0.717) is 5.75 Å². The van der Waals surface area contributed by atoms with Crippen molar-refractivity contribution in [3.63, 3.8) is 0 Å². The van der Waals surface area contributed by atoms with Gasteiger partial charge in [0.05, 0.1) is 6.61 Å². The quantitative estimate of drug-likeness (QED) is 0.923. The summed E-state index contributed by atoms with van der Waals surface area (Å²) in [7, 11) is 1.73. The summed E-state index contributed by atoms with van der Waals surface area (Å²) < 4.78 is 5.68. The summed E-state index contributed by atoms with van der Waals surface area (Å²) in [6, 6.07) is 14.9. The molecule has 0 heterocycles. The first kappa shape index (κ1) is 16.0. The molecule has 0 aliphatic heterocycles. The fourth-order valence-corrected chi connectivity index (χ4v) is 2.14. The lowest BCUT2D eigenvalue weighted by atomic mass is 10.2. The molecular weight excluding hydrogens is 278 g/mol. The molecule has 2 aromatic rings. The summed E-state index contributed by atoms with van der Waals surface area (Å²) in [6.45, 7) is 3.67. The lowest BCUT2D eigenvalue weighted by Crippen LogP contribution is -2.38. The zero-order chi connectivity index (χ0) is 16.1. The lowest BCUT2D eigenvalue weighted by molar-refractivity contribution is -0.124. The molecule has 4 heteroatoms. The number of rotatable bonds is 5. The van der Waals surface area contributed by atoms with Crippen molar-refractivity contribution in [1.29, 1.82) is 0 Å². The number of ether oxygens (including phenoxy) is 1. The molecule has 0 aliphatic rings. The largest absolute Gasteiger partial charge is 0.481 e. The Labute approximate surface area is 131 Å². The number of aliphatic hydroxyl groups is 1. The number of nitrogens with zero attached hydrogens (tertiary/aromatic N) is 1. The number of anilines is 1. The molecule has 0 aromatic heterocycles. The average molecular weight is 299 g/mol. The van der Waals surface area contributed by atoms with Crippen LogP contribution in [0.15, 0.2) is 48.5 Å². The Hall–Kier alpha value is -2.33. The highest BCUT2D eigenvalue weighted by Gasteiger charge is 2.20. The normalized spacial score (nSPS) is 11.8. The van der Waals surface area contributed by atoms with Crippen LogP contribution in [0.1, 0.15) is 18.1 Å². The van der Waals surface area contributed by atoms with Crippen molar-refractivity contribution in [2.24, 2.45) is 0 Å². The van der Waals surface area contributed by atoms with Crippen LogP contribution in [0.5, 0.6) is 5.75 Å². The van der Waals surface area contributed by atoms with Gasteiger partial charge >= 0.3 is 0 Å². The number of amides is 1. The van der Waals surface area contributed by atoms with E-state index < -0.39 is 6.10 Å². The van der Waals surface area contributed by atoms with Crippen molar-refractivity contribution in [2.75, 3.05) is 11.9 Å². The highest BCUT2D eigenvalue weighted by atomic mass is 16.5. The SMILES string of the molecule is Cc1ccc(N(C)C(=O)C(C)Oc2cccc(CO)c2)cc1. The minimum absolute atomic E-state index is 0.0528. The van der Waals surface area contributed by atoms with E-state index in [1.54, 1.807) is 43.1 Å². The van der Waals surface area contributed by atoms with E-state index in [9.17, 15) is 4.79 Å². The molecule has 2 aromatic carbocycles. The molecule has 0 radical (unpaired) electrons. The van der Waals surface area contributed by atoms with Gasteiger partial charge in [0, 0.05) is 12.7 Å². The third kappa shape index (κ3) is 3.86. The Morgan fingerprint density at radius 3 is 2.55 bits per heavy atom. The van der Waals surface area contributed by atoms with Crippen molar-refractivity contribution in [3.8, 4) is 5.75 Å². The van der Waals surface area contributed by atoms with Crippen molar-refractivity contribution in [3.05, 3.63) is 59.7 Å². The summed E-state index contributed by atoms with van der Waals surface area (Å²) in [5.74, 6) is 0.447. The Morgan fingerprint density at radius 2 is 1.91 bits per heavy atom. The summed E-state index contributed by atoms with van der Waals surface area (Å²) >= 11 is 0. The predicted molar refractivity (Wildman–Crippen MR) is 87.0 cm³/mol. The van der Waals surface area contributed by atoms with Crippen LogP contribution in [-0.4, -0.2) is 24.2 Å². The highest BCUT2D eigenvalue weighted by Crippen LogP contribution is 2.18. The Kier molecular flexibility index (Phi) is 5.17. The second-order valence-electron chi connectivity index (χ2n) is 5.30. The minimum atomic E-state index is -0.611. The van der Waals surface area contributed by atoms with Crippen LogP contribution in [0.4, 0.5) is 5.69 Å². The molecule has 1 N–H and O–H groups in total. The van der Waals surface area contributed by atoms with Crippen molar-refractivity contribution in [1.82, 2.24) is 0 Å². The molecule has 0 bridgehead atoms. The molecule has 1 atom stereocenters. The lowest BCUT2D eigenvalue weighted by Gasteiger charge is -2.22. The monoisotopic (exact) mass is 299 g/mol. The molecular formula is C18H21NO3. The molecule has 4 nitrogen and oxygen atoms in total. The molecule has 1 amide bonds. The number of carbonyl (C=O) groups is 1. The van der Waals surface area contributed by atoms with Gasteiger partial charge in [-0.15, -0.1) is 0 Å². The van der Waals surface area contributed by atoms with E-state index in [4.69, 9.17) is 9.84 Å². The molecule has 116 valence electrons. The van der Waals surface area contributed by atoms with Gasteiger partial charge in [-0.25, -0.2) is 0 Å². The van der Waals surface area contributed by atoms with Crippen LogP contribution in [-0.2, 0) is 11.4 Å². The van der Waals surface area contributed by atoms with Crippen LogP contribution in [0.3, 0.4) is 0 Å². The van der Waals surface area contributed by atoms with Gasteiger partial charge in [0.25, 0.3) is 5.91 Å². The fraction of sp³-hybridized carbons (Fsp3) is 0.278. The summed E-state index contributed by atoms with van der Waals surface area (Å²) in [6.07, 6.45) is -0.611. The van der Waals surface area contributed by atoms with E-state index in [-0.39, 0.29) is 12.5 Å². The maximum absolute atomic E-state index is 12.4. The fourth-order valence-electron chi connectivity index (χ4n) is 2.14. The molecule has 0 saturated carbocycles. The predicted octanol–water partition coefficient (Wildman–Crippen LogP) is 2.92. The maximum atomic E-state index is 12.4. The first-order chi connectivity index (χ1) is 10.5. The van der Waals surface area contributed by atoms with E-state index in [0.717, 1.165) is 16.8 Å². The molecule has 0 fully saturated rings. The van der Waals surface area contributed by atoms with Crippen LogP contribution in [0, 0.1) is 6.92 Å². The van der Waals surface area contributed by atoms with Gasteiger partial charge in [0.2, 0.25) is 0 Å². The number of aliphatic hydroxyl groups excluding tert-OH is 1. The maximum Gasteiger partial charge on any atom is 0.267 e. The van der Waals surface area contributed by atoms with Crippen LogP contribution in [0.2, 0.25) is 0 Å². The third-order valence-electron chi connectivity index (χ3n) is 3.49. The van der Waals surface area contributed by atoms with Gasteiger partial charge in [-0.1, -0.05) is 29.8 Å². The summed E-state index contributed by atoms with van der Waals surface area (Å²) in [4.78, 5) is 14.0. The Bertz CT molecular complexity index is 637. The zero-order valence-electron chi connectivity index (χ0n) is 13.1. The Balaban J connectivity index is 2.06. The molecule has 1 unspecified atom stereocenters. The number of hydrogen-bond donors (Lipinski definition) is 1. The minimum Gasteiger partial charge on any atom is -0.481 e. The zero-order valence-corrected chi connectivity index (χ0v) is 13.1. The van der Waals surface area contributed by atoms with Gasteiger partial charge < -0.3 is 14.7 Å².